The third-order valence-electron chi connectivity index (χ3n) is 2.21. The molecule has 0 spiro atoms. The molecule has 1 atom stereocenters. The number of hydrogen-bond donors (Lipinski definition) is 1. The van der Waals surface area contributed by atoms with Crippen LogP contribution in [-0.2, 0) is 13.0 Å². The highest BCUT2D eigenvalue weighted by atomic mass is 16.3. The first kappa shape index (κ1) is 7.49. The quantitative estimate of drug-likeness (QED) is 0.597. The molecule has 12 heavy (non-hydrogen) atoms. The molecule has 0 amide bonds. The van der Waals surface area contributed by atoms with Gasteiger partial charge >= 0.3 is 0 Å². The van der Waals surface area contributed by atoms with Gasteiger partial charge in [0.05, 0.1) is 23.6 Å². The summed E-state index contributed by atoms with van der Waals surface area (Å²) in [4.78, 5) is 10.5. The summed E-state index contributed by atoms with van der Waals surface area (Å²) >= 11 is 0. The zero-order valence-corrected chi connectivity index (χ0v) is 6.60. The standard InChI is InChI=1S/C8H10N2O2/c11-5-6-4-9-10-2-1-7(12)3-8(6)10/h4-5,7,12H,1-3H2. The van der Waals surface area contributed by atoms with Crippen LogP contribution in [0.25, 0.3) is 0 Å². The monoisotopic (exact) mass is 166 g/mol. The molecule has 0 saturated carbocycles. The van der Waals surface area contributed by atoms with Gasteiger partial charge in [0.15, 0.2) is 6.29 Å². The molecule has 2 heterocycles. The molecule has 1 aromatic rings. The molecule has 0 aromatic carbocycles. The maximum atomic E-state index is 10.5. The van der Waals surface area contributed by atoms with Crippen molar-refractivity contribution in [1.82, 2.24) is 9.78 Å². The van der Waals surface area contributed by atoms with E-state index in [2.05, 4.69) is 5.10 Å². The van der Waals surface area contributed by atoms with Gasteiger partial charge in [-0.05, 0) is 6.42 Å². The predicted molar refractivity (Wildman–Crippen MR) is 41.9 cm³/mol. The Bertz CT molecular complexity index is 306. The lowest BCUT2D eigenvalue weighted by Crippen LogP contribution is -2.24. The molecule has 1 aliphatic heterocycles. The van der Waals surface area contributed by atoms with E-state index >= 15 is 0 Å². The molecule has 1 aliphatic rings. The van der Waals surface area contributed by atoms with Crippen molar-refractivity contribution in [2.24, 2.45) is 0 Å². The van der Waals surface area contributed by atoms with Crippen LogP contribution in [0.2, 0.25) is 0 Å². The lowest BCUT2D eigenvalue weighted by molar-refractivity contribution is 0.111. The number of nitrogens with zero attached hydrogens (tertiary/aromatic N) is 2. The molecule has 0 saturated heterocycles. The Kier molecular flexibility index (Phi) is 1.69. The number of rotatable bonds is 1. The number of aromatic nitrogens is 2. The topological polar surface area (TPSA) is 55.1 Å². The minimum atomic E-state index is -0.312. The Hall–Kier alpha value is -1.16. The summed E-state index contributed by atoms with van der Waals surface area (Å²) in [6.45, 7) is 0.713. The van der Waals surface area contributed by atoms with Crippen LogP contribution in [0.15, 0.2) is 6.20 Å². The number of aldehydes is 1. The predicted octanol–water partition coefficient (Wildman–Crippen LogP) is 0.00270. The van der Waals surface area contributed by atoms with Crippen molar-refractivity contribution in [3.05, 3.63) is 17.5 Å². The molecular formula is C8H10N2O2. The van der Waals surface area contributed by atoms with Gasteiger partial charge in [-0.3, -0.25) is 9.48 Å². The number of carbonyl (C=O) groups excluding carboxylic acids is 1. The SMILES string of the molecule is O=Cc1cnn2c1CC(O)CC2. The third-order valence-corrected chi connectivity index (χ3v) is 2.21. The molecule has 4 nitrogen and oxygen atoms in total. The Morgan fingerprint density at radius 2 is 2.58 bits per heavy atom. The highest BCUT2D eigenvalue weighted by molar-refractivity contribution is 5.76. The summed E-state index contributed by atoms with van der Waals surface area (Å²) in [5, 5.41) is 13.4. The summed E-state index contributed by atoms with van der Waals surface area (Å²) in [6.07, 6.45) is 3.31. The van der Waals surface area contributed by atoms with Gasteiger partial charge in [-0.1, -0.05) is 0 Å². The third kappa shape index (κ3) is 1.04. The van der Waals surface area contributed by atoms with Crippen molar-refractivity contribution in [2.45, 2.75) is 25.5 Å². The van der Waals surface area contributed by atoms with E-state index in [0.29, 0.717) is 18.5 Å². The Balaban J connectivity index is 2.40. The second-order valence-corrected chi connectivity index (χ2v) is 3.03. The van der Waals surface area contributed by atoms with E-state index in [4.69, 9.17) is 0 Å². The van der Waals surface area contributed by atoms with Gasteiger partial charge in [-0.2, -0.15) is 5.10 Å². The van der Waals surface area contributed by atoms with Crippen LogP contribution in [0.1, 0.15) is 22.5 Å². The van der Waals surface area contributed by atoms with Crippen LogP contribution in [0.3, 0.4) is 0 Å². The second kappa shape index (κ2) is 2.71. The average Bonchev–Trinajstić information content (AvgIpc) is 2.46. The van der Waals surface area contributed by atoms with Crippen LogP contribution in [0.4, 0.5) is 0 Å². The largest absolute Gasteiger partial charge is 0.393 e. The summed E-state index contributed by atoms with van der Waals surface area (Å²) in [6, 6.07) is 0. The summed E-state index contributed by atoms with van der Waals surface area (Å²) in [5.41, 5.74) is 1.47. The number of aliphatic hydroxyl groups excluding tert-OH is 1. The molecule has 1 unspecified atom stereocenters. The van der Waals surface area contributed by atoms with Crippen molar-refractivity contribution in [2.75, 3.05) is 0 Å². The molecule has 1 N–H and O–H groups in total. The van der Waals surface area contributed by atoms with Crippen molar-refractivity contribution in [3.8, 4) is 0 Å². The Labute approximate surface area is 69.8 Å². The number of fused-ring (bicyclic) bond motifs is 1. The summed E-state index contributed by atoms with van der Waals surface area (Å²) < 4.78 is 1.79. The van der Waals surface area contributed by atoms with Crippen LogP contribution in [0.5, 0.6) is 0 Å². The van der Waals surface area contributed by atoms with Crippen LogP contribution in [-0.4, -0.2) is 27.3 Å². The maximum Gasteiger partial charge on any atom is 0.153 e. The molecule has 1 aromatic heterocycles. The van der Waals surface area contributed by atoms with Crippen LogP contribution in [0, 0.1) is 0 Å². The first-order valence-electron chi connectivity index (χ1n) is 3.99. The van der Waals surface area contributed by atoms with Crippen LogP contribution < -0.4 is 0 Å². The zero-order chi connectivity index (χ0) is 8.55. The highest BCUT2D eigenvalue weighted by Gasteiger charge is 2.19. The number of carbonyl (C=O) groups is 1. The van der Waals surface area contributed by atoms with Crippen molar-refractivity contribution in [1.29, 1.82) is 0 Å². The van der Waals surface area contributed by atoms with E-state index in [9.17, 15) is 9.90 Å². The number of aryl methyl sites for hydroxylation is 1. The lowest BCUT2D eigenvalue weighted by atomic mass is 10.0. The van der Waals surface area contributed by atoms with E-state index in [1.165, 1.54) is 0 Å². The molecule has 0 bridgehead atoms. The Morgan fingerprint density at radius 1 is 1.75 bits per heavy atom. The van der Waals surface area contributed by atoms with Crippen LogP contribution >= 0.6 is 0 Å². The summed E-state index contributed by atoms with van der Waals surface area (Å²) in [7, 11) is 0. The van der Waals surface area contributed by atoms with Crippen molar-refractivity contribution in [3.63, 3.8) is 0 Å². The maximum absolute atomic E-state index is 10.5. The molecule has 4 heteroatoms. The van der Waals surface area contributed by atoms with Crippen molar-refractivity contribution >= 4 is 6.29 Å². The fourth-order valence-electron chi connectivity index (χ4n) is 1.54. The number of hydrogen-bond acceptors (Lipinski definition) is 3. The molecule has 0 fully saturated rings. The fraction of sp³-hybridized carbons (Fsp3) is 0.500. The van der Waals surface area contributed by atoms with Gasteiger partial charge in [0.1, 0.15) is 0 Å². The van der Waals surface area contributed by atoms with Gasteiger partial charge in [-0.15, -0.1) is 0 Å². The smallest absolute Gasteiger partial charge is 0.153 e. The van der Waals surface area contributed by atoms with E-state index in [0.717, 1.165) is 18.4 Å². The van der Waals surface area contributed by atoms with Crippen molar-refractivity contribution < 1.29 is 9.90 Å². The fourth-order valence-corrected chi connectivity index (χ4v) is 1.54. The molecule has 0 aliphatic carbocycles. The molecular weight excluding hydrogens is 156 g/mol. The molecule has 2 rings (SSSR count). The van der Waals surface area contributed by atoms with Gasteiger partial charge in [0, 0.05) is 13.0 Å². The minimum Gasteiger partial charge on any atom is -0.393 e. The normalized spacial score (nSPS) is 21.9. The Morgan fingerprint density at radius 3 is 3.33 bits per heavy atom. The first-order chi connectivity index (χ1) is 5.81. The lowest BCUT2D eigenvalue weighted by Gasteiger charge is -2.18. The van der Waals surface area contributed by atoms with E-state index in [-0.39, 0.29) is 6.10 Å². The molecule has 64 valence electrons. The van der Waals surface area contributed by atoms with Gasteiger partial charge in [-0.25, -0.2) is 0 Å². The van der Waals surface area contributed by atoms with E-state index < -0.39 is 0 Å². The summed E-state index contributed by atoms with van der Waals surface area (Å²) in [5.74, 6) is 0. The van der Waals surface area contributed by atoms with Gasteiger partial charge in [0.25, 0.3) is 0 Å². The second-order valence-electron chi connectivity index (χ2n) is 3.03. The van der Waals surface area contributed by atoms with E-state index in [1.54, 1.807) is 10.9 Å². The van der Waals surface area contributed by atoms with Gasteiger partial charge in [0.2, 0.25) is 0 Å². The zero-order valence-electron chi connectivity index (χ0n) is 6.60. The minimum absolute atomic E-state index is 0.312. The number of aliphatic hydroxyl groups is 1. The molecule has 0 radical (unpaired) electrons. The highest BCUT2D eigenvalue weighted by Crippen LogP contribution is 2.16. The average molecular weight is 166 g/mol. The first-order valence-corrected chi connectivity index (χ1v) is 3.99. The van der Waals surface area contributed by atoms with E-state index in [1.807, 2.05) is 0 Å². The van der Waals surface area contributed by atoms with Gasteiger partial charge < -0.3 is 5.11 Å².